The van der Waals surface area contributed by atoms with Crippen LogP contribution in [0.3, 0.4) is 0 Å². The largest absolute Gasteiger partial charge is 0.481 e. The van der Waals surface area contributed by atoms with E-state index in [1.54, 1.807) is 19.1 Å². The SMILES string of the molecule is CC(O)/C=C/C1C(O)CC(O)C1C/C=C/CCCC(=O)O. The van der Waals surface area contributed by atoms with E-state index in [1.165, 1.54) is 0 Å². The maximum Gasteiger partial charge on any atom is 0.303 e. The second kappa shape index (κ2) is 8.97. The first kappa shape index (κ1) is 17.9. The third kappa shape index (κ3) is 6.42. The number of hydrogen-bond acceptors (Lipinski definition) is 4. The number of carboxylic acid groups (broad SMARTS) is 1. The number of rotatable bonds is 8. The van der Waals surface area contributed by atoms with Crippen LogP contribution in [0.15, 0.2) is 24.3 Å². The van der Waals surface area contributed by atoms with Gasteiger partial charge in [-0.15, -0.1) is 0 Å². The number of unbranched alkanes of at least 4 members (excludes halogenated alkanes) is 1. The van der Waals surface area contributed by atoms with Crippen LogP contribution >= 0.6 is 0 Å². The van der Waals surface area contributed by atoms with Gasteiger partial charge in [-0.3, -0.25) is 4.79 Å². The van der Waals surface area contributed by atoms with Gasteiger partial charge in [0.1, 0.15) is 0 Å². The molecule has 1 aliphatic carbocycles. The molecule has 5 heteroatoms. The van der Waals surface area contributed by atoms with Gasteiger partial charge in [-0.1, -0.05) is 24.3 Å². The summed E-state index contributed by atoms with van der Waals surface area (Å²) >= 11 is 0. The van der Waals surface area contributed by atoms with E-state index in [-0.39, 0.29) is 18.3 Å². The minimum absolute atomic E-state index is 0.0641. The molecule has 1 aliphatic rings. The number of aliphatic hydroxyl groups excluding tert-OH is 3. The number of aliphatic carboxylic acids is 1. The highest BCUT2D eigenvalue weighted by Gasteiger charge is 2.39. The van der Waals surface area contributed by atoms with Crippen LogP contribution in [0, 0.1) is 11.8 Å². The minimum atomic E-state index is -0.791. The molecular formula is C16H26O5. The Kier molecular flexibility index (Phi) is 7.64. The Morgan fingerprint density at radius 3 is 2.62 bits per heavy atom. The van der Waals surface area contributed by atoms with Crippen LogP contribution < -0.4 is 0 Å². The van der Waals surface area contributed by atoms with Crippen molar-refractivity contribution < 1.29 is 25.2 Å². The van der Waals surface area contributed by atoms with E-state index in [2.05, 4.69) is 0 Å². The lowest BCUT2D eigenvalue weighted by molar-refractivity contribution is -0.137. The molecule has 4 N–H and O–H groups in total. The fraction of sp³-hybridized carbons (Fsp3) is 0.688. The van der Waals surface area contributed by atoms with Crippen LogP contribution in [0.5, 0.6) is 0 Å². The highest BCUT2D eigenvalue weighted by Crippen LogP contribution is 2.36. The second-order valence-corrected chi connectivity index (χ2v) is 5.73. The average molecular weight is 298 g/mol. The molecule has 0 aromatic carbocycles. The summed E-state index contributed by atoms with van der Waals surface area (Å²) in [6.07, 6.45) is 8.05. The predicted molar refractivity (Wildman–Crippen MR) is 79.7 cm³/mol. The van der Waals surface area contributed by atoms with Crippen LogP contribution in [0.4, 0.5) is 0 Å². The summed E-state index contributed by atoms with van der Waals surface area (Å²) in [5.74, 6) is -1.01. The molecule has 0 radical (unpaired) electrons. The summed E-state index contributed by atoms with van der Waals surface area (Å²) < 4.78 is 0. The topological polar surface area (TPSA) is 98.0 Å². The Hall–Kier alpha value is -1.17. The van der Waals surface area contributed by atoms with Crippen LogP contribution in [0.1, 0.15) is 39.0 Å². The first-order valence-electron chi connectivity index (χ1n) is 7.51. The standard InChI is InChI=1S/C16H26O5/c1-11(17)8-9-13-12(14(18)10-15(13)19)6-4-2-3-5-7-16(20)21/h2,4,8-9,11-15,17-19H,3,5-7,10H2,1H3,(H,20,21)/b4-2+,9-8+. The lowest BCUT2D eigenvalue weighted by atomic mass is 9.89. The Morgan fingerprint density at radius 2 is 2.00 bits per heavy atom. The van der Waals surface area contributed by atoms with Crippen LogP contribution in [-0.4, -0.2) is 44.7 Å². The molecule has 1 saturated carbocycles. The van der Waals surface area contributed by atoms with Gasteiger partial charge in [0.15, 0.2) is 0 Å². The fourth-order valence-electron chi connectivity index (χ4n) is 2.74. The van der Waals surface area contributed by atoms with E-state index in [0.717, 1.165) is 0 Å². The zero-order valence-electron chi connectivity index (χ0n) is 12.4. The number of carbonyl (C=O) groups is 1. The molecule has 0 spiro atoms. The van der Waals surface area contributed by atoms with E-state index in [4.69, 9.17) is 5.11 Å². The van der Waals surface area contributed by atoms with Crippen molar-refractivity contribution in [2.24, 2.45) is 11.8 Å². The predicted octanol–water partition coefficient (Wildman–Crippen LogP) is 1.48. The van der Waals surface area contributed by atoms with Gasteiger partial charge in [-0.25, -0.2) is 0 Å². The van der Waals surface area contributed by atoms with Gasteiger partial charge in [0.25, 0.3) is 0 Å². The van der Waals surface area contributed by atoms with Gasteiger partial charge in [-0.05, 0) is 32.1 Å². The van der Waals surface area contributed by atoms with Crippen molar-refractivity contribution in [2.45, 2.75) is 57.3 Å². The second-order valence-electron chi connectivity index (χ2n) is 5.73. The van der Waals surface area contributed by atoms with E-state index >= 15 is 0 Å². The maximum atomic E-state index is 10.4. The van der Waals surface area contributed by atoms with Crippen LogP contribution in [-0.2, 0) is 4.79 Å². The summed E-state index contributed by atoms with van der Waals surface area (Å²) in [6, 6.07) is 0. The zero-order chi connectivity index (χ0) is 15.8. The summed E-state index contributed by atoms with van der Waals surface area (Å²) in [6.45, 7) is 1.64. The first-order chi connectivity index (χ1) is 9.91. The molecule has 0 amide bonds. The van der Waals surface area contributed by atoms with Crippen molar-refractivity contribution in [3.05, 3.63) is 24.3 Å². The fourth-order valence-corrected chi connectivity index (χ4v) is 2.74. The normalized spacial score (nSPS) is 31.2. The van der Waals surface area contributed by atoms with E-state index in [9.17, 15) is 20.1 Å². The molecule has 5 nitrogen and oxygen atoms in total. The van der Waals surface area contributed by atoms with Crippen LogP contribution in [0.2, 0.25) is 0 Å². The Labute approximate surface area is 125 Å². The molecule has 1 rings (SSSR count). The van der Waals surface area contributed by atoms with Gasteiger partial charge >= 0.3 is 5.97 Å². The Bertz CT molecular complexity index is 375. The molecule has 0 saturated heterocycles. The van der Waals surface area contributed by atoms with Crippen molar-refractivity contribution in [1.29, 1.82) is 0 Å². The highest BCUT2D eigenvalue weighted by molar-refractivity contribution is 5.66. The average Bonchev–Trinajstić information content (AvgIpc) is 2.65. The third-order valence-corrected chi connectivity index (χ3v) is 3.86. The van der Waals surface area contributed by atoms with Crippen molar-refractivity contribution in [3.63, 3.8) is 0 Å². The number of aliphatic hydroxyl groups is 3. The molecule has 0 heterocycles. The summed E-state index contributed by atoms with van der Waals surface area (Å²) in [5.41, 5.74) is 0. The molecule has 0 bridgehead atoms. The van der Waals surface area contributed by atoms with Crippen molar-refractivity contribution in [1.82, 2.24) is 0 Å². The molecule has 0 aromatic rings. The Morgan fingerprint density at radius 1 is 1.29 bits per heavy atom. The molecule has 0 aromatic heterocycles. The van der Waals surface area contributed by atoms with Crippen LogP contribution in [0.25, 0.3) is 0 Å². The van der Waals surface area contributed by atoms with Gasteiger partial charge in [0, 0.05) is 18.8 Å². The lowest BCUT2D eigenvalue weighted by Crippen LogP contribution is -2.20. The number of carboxylic acids is 1. The van der Waals surface area contributed by atoms with Crippen molar-refractivity contribution in [2.75, 3.05) is 0 Å². The zero-order valence-corrected chi connectivity index (χ0v) is 12.4. The third-order valence-electron chi connectivity index (χ3n) is 3.86. The smallest absolute Gasteiger partial charge is 0.303 e. The van der Waals surface area contributed by atoms with Gasteiger partial charge in [0.05, 0.1) is 18.3 Å². The number of allylic oxidation sites excluding steroid dienone is 2. The van der Waals surface area contributed by atoms with E-state index < -0.39 is 24.3 Å². The highest BCUT2D eigenvalue weighted by atomic mass is 16.4. The number of hydrogen-bond donors (Lipinski definition) is 4. The van der Waals surface area contributed by atoms with Gasteiger partial charge in [-0.2, -0.15) is 0 Å². The molecular weight excluding hydrogens is 272 g/mol. The summed E-state index contributed by atoms with van der Waals surface area (Å²) in [5, 5.41) is 37.8. The molecule has 1 fully saturated rings. The molecule has 5 unspecified atom stereocenters. The molecule has 21 heavy (non-hydrogen) atoms. The quantitative estimate of drug-likeness (QED) is 0.402. The molecule has 120 valence electrons. The summed E-state index contributed by atoms with van der Waals surface area (Å²) in [4.78, 5) is 10.4. The van der Waals surface area contributed by atoms with Crippen molar-refractivity contribution >= 4 is 5.97 Å². The van der Waals surface area contributed by atoms with E-state index in [1.807, 2.05) is 12.2 Å². The van der Waals surface area contributed by atoms with E-state index in [0.29, 0.717) is 25.7 Å². The lowest BCUT2D eigenvalue weighted by Gasteiger charge is -2.19. The minimum Gasteiger partial charge on any atom is -0.481 e. The Balaban J connectivity index is 2.46. The molecule has 0 aliphatic heterocycles. The maximum absolute atomic E-state index is 10.4. The van der Waals surface area contributed by atoms with Crippen molar-refractivity contribution in [3.8, 4) is 0 Å². The van der Waals surface area contributed by atoms with Gasteiger partial charge < -0.3 is 20.4 Å². The van der Waals surface area contributed by atoms with Gasteiger partial charge in [0.2, 0.25) is 0 Å². The monoisotopic (exact) mass is 298 g/mol. The molecule has 5 atom stereocenters. The first-order valence-corrected chi connectivity index (χ1v) is 7.51. The summed E-state index contributed by atoms with van der Waals surface area (Å²) in [7, 11) is 0.